The first-order valence-corrected chi connectivity index (χ1v) is 6.69. The summed E-state index contributed by atoms with van der Waals surface area (Å²) in [6.45, 7) is 2.04. The Morgan fingerprint density at radius 1 is 1.30 bits per heavy atom. The molecule has 0 aliphatic carbocycles. The van der Waals surface area contributed by atoms with E-state index in [4.69, 9.17) is 0 Å². The molecule has 6 heteroatoms. The van der Waals surface area contributed by atoms with Gasteiger partial charge in [-0.2, -0.15) is 0 Å². The van der Waals surface area contributed by atoms with Crippen LogP contribution in [0.15, 0.2) is 40.9 Å². The van der Waals surface area contributed by atoms with Crippen LogP contribution in [0.1, 0.15) is 11.1 Å². The Labute approximate surface area is 123 Å². The normalized spacial score (nSPS) is 10.3. The van der Waals surface area contributed by atoms with E-state index in [1.165, 1.54) is 18.2 Å². The van der Waals surface area contributed by atoms with Gasteiger partial charge in [-0.25, -0.2) is 4.39 Å². The van der Waals surface area contributed by atoms with Gasteiger partial charge in [-0.1, -0.05) is 15.9 Å². The van der Waals surface area contributed by atoms with Crippen molar-refractivity contribution in [3.8, 4) is 0 Å². The highest BCUT2D eigenvalue weighted by Gasteiger charge is 2.13. The van der Waals surface area contributed by atoms with Gasteiger partial charge in [-0.3, -0.25) is 10.1 Å². The lowest BCUT2D eigenvalue weighted by molar-refractivity contribution is -0.385. The van der Waals surface area contributed by atoms with Crippen molar-refractivity contribution in [2.45, 2.75) is 13.5 Å². The second-order valence-corrected chi connectivity index (χ2v) is 5.32. The van der Waals surface area contributed by atoms with Gasteiger partial charge >= 0.3 is 0 Å². The third-order valence-electron chi connectivity index (χ3n) is 2.76. The van der Waals surface area contributed by atoms with E-state index >= 15 is 0 Å². The Hall–Kier alpha value is -1.95. The number of aryl methyl sites for hydroxylation is 1. The smallest absolute Gasteiger partial charge is 0.274 e. The molecule has 104 valence electrons. The van der Waals surface area contributed by atoms with E-state index in [2.05, 4.69) is 21.2 Å². The number of rotatable bonds is 4. The van der Waals surface area contributed by atoms with Gasteiger partial charge in [0.25, 0.3) is 5.69 Å². The number of benzene rings is 2. The highest BCUT2D eigenvalue weighted by atomic mass is 79.9. The van der Waals surface area contributed by atoms with Gasteiger partial charge in [0.2, 0.25) is 0 Å². The Morgan fingerprint density at radius 2 is 2.05 bits per heavy atom. The summed E-state index contributed by atoms with van der Waals surface area (Å²) in [5.74, 6) is -0.337. The zero-order valence-electron chi connectivity index (χ0n) is 10.7. The van der Waals surface area contributed by atoms with Gasteiger partial charge in [0.15, 0.2) is 0 Å². The van der Waals surface area contributed by atoms with Gasteiger partial charge in [0.1, 0.15) is 5.82 Å². The summed E-state index contributed by atoms with van der Waals surface area (Å²) in [4.78, 5) is 10.5. The summed E-state index contributed by atoms with van der Waals surface area (Å²) in [5, 5.41) is 14.0. The van der Waals surface area contributed by atoms with Crippen molar-refractivity contribution in [2.24, 2.45) is 0 Å². The maximum absolute atomic E-state index is 13.3. The third-order valence-corrected chi connectivity index (χ3v) is 3.26. The molecule has 0 aliphatic heterocycles. The first kappa shape index (κ1) is 14.5. The Balaban J connectivity index is 2.22. The highest BCUT2D eigenvalue weighted by Crippen LogP contribution is 2.24. The molecule has 0 amide bonds. The molecule has 0 heterocycles. The van der Waals surface area contributed by atoms with Crippen LogP contribution in [0.5, 0.6) is 0 Å². The van der Waals surface area contributed by atoms with Crippen LogP contribution in [0.3, 0.4) is 0 Å². The second kappa shape index (κ2) is 6.00. The predicted octanol–water partition coefficient (Wildman–Crippen LogP) is 4.42. The molecule has 0 saturated carbocycles. The fourth-order valence-corrected chi connectivity index (χ4v) is 2.32. The zero-order valence-corrected chi connectivity index (χ0v) is 12.3. The zero-order chi connectivity index (χ0) is 14.7. The number of nitrogens with zero attached hydrogens (tertiary/aromatic N) is 1. The molecule has 0 saturated heterocycles. The van der Waals surface area contributed by atoms with Crippen molar-refractivity contribution in [3.05, 3.63) is 67.9 Å². The molecule has 0 atom stereocenters. The summed E-state index contributed by atoms with van der Waals surface area (Å²) in [6.07, 6.45) is 0. The maximum Gasteiger partial charge on any atom is 0.274 e. The fraction of sp³-hybridized carbons (Fsp3) is 0.143. The molecule has 2 rings (SSSR count). The summed E-state index contributed by atoms with van der Waals surface area (Å²) in [5.41, 5.74) is 1.95. The fourth-order valence-electron chi connectivity index (χ4n) is 1.91. The van der Waals surface area contributed by atoms with Crippen LogP contribution in [0.4, 0.5) is 15.8 Å². The number of nitrogens with one attached hydrogen (secondary N) is 1. The van der Waals surface area contributed by atoms with Crippen LogP contribution in [-0.2, 0) is 6.54 Å². The van der Waals surface area contributed by atoms with Crippen LogP contribution >= 0.6 is 15.9 Å². The molecule has 0 spiro atoms. The molecule has 0 unspecified atom stereocenters. The summed E-state index contributed by atoms with van der Waals surface area (Å²) < 4.78 is 14.0. The molecule has 0 aromatic heterocycles. The lowest BCUT2D eigenvalue weighted by atomic mass is 10.1. The molecule has 0 radical (unpaired) electrons. The van der Waals surface area contributed by atoms with Gasteiger partial charge in [-0.05, 0) is 42.8 Å². The Morgan fingerprint density at radius 3 is 2.70 bits per heavy atom. The van der Waals surface area contributed by atoms with Crippen LogP contribution < -0.4 is 5.32 Å². The number of anilines is 1. The van der Waals surface area contributed by atoms with Crippen molar-refractivity contribution in [1.82, 2.24) is 0 Å². The molecule has 0 bridgehead atoms. The molecule has 0 fully saturated rings. The van der Waals surface area contributed by atoms with Crippen molar-refractivity contribution < 1.29 is 9.31 Å². The number of hydrogen-bond donors (Lipinski definition) is 1. The van der Waals surface area contributed by atoms with E-state index in [1.807, 2.05) is 0 Å². The second-order valence-electron chi connectivity index (χ2n) is 4.40. The first-order valence-electron chi connectivity index (χ1n) is 5.89. The van der Waals surface area contributed by atoms with Gasteiger partial charge in [-0.15, -0.1) is 0 Å². The maximum atomic E-state index is 13.3. The number of hydrogen-bond acceptors (Lipinski definition) is 3. The molecule has 2 aromatic rings. The standard InChI is InChI=1S/C14H12BrFN2O2/c1-9-4-12(16)7-13(5-9)17-8-10-6-11(15)2-3-14(10)18(19)20/h2-7,17H,8H2,1H3. The largest absolute Gasteiger partial charge is 0.381 e. The van der Waals surface area contributed by atoms with Gasteiger partial charge < -0.3 is 5.32 Å². The van der Waals surface area contributed by atoms with Crippen molar-refractivity contribution in [2.75, 3.05) is 5.32 Å². The van der Waals surface area contributed by atoms with E-state index in [0.717, 1.165) is 10.0 Å². The average molecular weight is 339 g/mol. The highest BCUT2D eigenvalue weighted by molar-refractivity contribution is 9.10. The minimum atomic E-state index is -0.430. The number of nitro groups is 1. The lowest BCUT2D eigenvalue weighted by Gasteiger charge is -2.08. The first-order chi connectivity index (χ1) is 9.45. The molecule has 1 N–H and O–H groups in total. The molecule has 2 aromatic carbocycles. The monoisotopic (exact) mass is 338 g/mol. The van der Waals surface area contributed by atoms with Crippen LogP contribution in [0.2, 0.25) is 0 Å². The van der Waals surface area contributed by atoms with E-state index in [9.17, 15) is 14.5 Å². The van der Waals surface area contributed by atoms with Gasteiger partial charge in [0, 0.05) is 28.3 Å². The van der Waals surface area contributed by atoms with Crippen LogP contribution in [0.25, 0.3) is 0 Å². The SMILES string of the molecule is Cc1cc(F)cc(NCc2cc(Br)ccc2[N+](=O)[O-])c1. The molecule has 0 aliphatic rings. The number of halogens is 2. The lowest BCUT2D eigenvalue weighted by Crippen LogP contribution is -2.03. The Bertz CT molecular complexity index is 641. The topological polar surface area (TPSA) is 55.2 Å². The van der Waals surface area contributed by atoms with E-state index in [1.54, 1.807) is 25.1 Å². The van der Waals surface area contributed by atoms with Crippen molar-refractivity contribution >= 4 is 27.3 Å². The predicted molar refractivity (Wildman–Crippen MR) is 79.3 cm³/mol. The Kier molecular flexibility index (Phi) is 4.34. The average Bonchev–Trinajstić information content (AvgIpc) is 2.35. The third kappa shape index (κ3) is 3.54. The van der Waals surface area contributed by atoms with E-state index < -0.39 is 4.92 Å². The minimum absolute atomic E-state index is 0.0359. The van der Waals surface area contributed by atoms with E-state index in [0.29, 0.717) is 11.3 Å². The summed E-state index contributed by atoms with van der Waals surface area (Å²) >= 11 is 3.28. The summed E-state index contributed by atoms with van der Waals surface area (Å²) in [7, 11) is 0. The van der Waals surface area contributed by atoms with E-state index in [-0.39, 0.29) is 18.0 Å². The van der Waals surface area contributed by atoms with Crippen molar-refractivity contribution in [3.63, 3.8) is 0 Å². The van der Waals surface area contributed by atoms with Crippen LogP contribution in [-0.4, -0.2) is 4.92 Å². The molecular weight excluding hydrogens is 327 g/mol. The quantitative estimate of drug-likeness (QED) is 0.663. The molecule has 20 heavy (non-hydrogen) atoms. The number of nitro benzene ring substituents is 1. The van der Waals surface area contributed by atoms with Gasteiger partial charge in [0.05, 0.1) is 4.92 Å². The molecule has 4 nitrogen and oxygen atoms in total. The minimum Gasteiger partial charge on any atom is -0.381 e. The molecular formula is C14H12BrFN2O2. The van der Waals surface area contributed by atoms with Crippen LogP contribution in [0, 0.1) is 22.9 Å². The summed E-state index contributed by atoms with van der Waals surface area (Å²) in [6, 6.07) is 9.31. The van der Waals surface area contributed by atoms with Crippen molar-refractivity contribution in [1.29, 1.82) is 0 Å².